The maximum atomic E-state index is 12.8. The van der Waals surface area contributed by atoms with E-state index in [-0.39, 0.29) is 5.82 Å². The molecule has 2 amide bonds. The van der Waals surface area contributed by atoms with Crippen LogP contribution in [0.2, 0.25) is 0 Å². The number of nitrogens with one attached hydrogen (secondary N) is 2. The molecular formula is C12H15FN2O2. The maximum absolute atomic E-state index is 12.8. The number of carbonyl (C=O) groups is 2. The second kappa shape index (κ2) is 5.98. The molecule has 0 heterocycles. The molecule has 1 rings (SSSR count). The molecule has 2 N–H and O–H groups in total. The Balaban J connectivity index is 2.64. The van der Waals surface area contributed by atoms with Crippen LogP contribution < -0.4 is 10.6 Å². The van der Waals surface area contributed by atoms with Gasteiger partial charge >= 0.3 is 11.8 Å². The summed E-state index contributed by atoms with van der Waals surface area (Å²) in [6.45, 7) is 4.00. The van der Waals surface area contributed by atoms with Crippen LogP contribution in [0.25, 0.3) is 0 Å². The van der Waals surface area contributed by atoms with Gasteiger partial charge in [-0.1, -0.05) is 6.92 Å². The van der Waals surface area contributed by atoms with Gasteiger partial charge in [0.1, 0.15) is 5.82 Å². The van der Waals surface area contributed by atoms with Crippen molar-refractivity contribution in [2.24, 2.45) is 0 Å². The van der Waals surface area contributed by atoms with E-state index < -0.39 is 11.8 Å². The van der Waals surface area contributed by atoms with Gasteiger partial charge < -0.3 is 10.6 Å². The Morgan fingerprint density at radius 1 is 1.29 bits per heavy atom. The van der Waals surface area contributed by atoms with Gasteiger partial charge in [0.15, 0.2) is 0 Å². The molecule has 0 atom stereocenters. The lowest BCUT2D eigenvalue weighted by Gasteiger charge is -2.08. The molecule has 92 valence electrons. The number of amides is 2. The predicted molar refractivity (Wildman–Crippen MR) is 63.1 cm³/mol. The normalized spacial score (nSPS) is 9.82. The van der Waals surface area contributed by atoms with Crippen LogP contribution in [0.15, 0.2) is 18.2 Å². The highest BCUT2D eigenvalue weighted by Crippen LogP contribution is 2.15. The quantitative estimate of drug-likeness (QED) is 0.786. The number of aryl methyl sites for hydroxylation is 1. The molecule has 0 spiro atoms. The molecule has 1 aromatic rings. The van der Waals surface area contributed by atoms with E-state index in [1.54, 1.807) is 6.92 Å². The fraction of sp³-hybridized carbons (Fsp3) is 0.333. The highest BCUT2D eigenvalue weighted by Gasteiger charge is 2.13. The van der Waals surface area contributed by atoms with E-state index in [2.05, 4.69) is 10.6 Å². The lowest BCUT2D eigenvalue weighted by Crippen LogP contribution is -2.35. The first-order chi connectivity index (χ1) is 8.04. The van der Waals surface area contributed by atoms with Crippen LogP contribution in [-0.4, -0.2) is 18.4 Å². The van der Waals surface area contributed by atoms with Crippen molar-refractivity contribution >= 4 is 17.5 Å². The summed E-state index contributed by atoms with van der Waals surface area (Å²) >= 11 is 0. The standard InChI is InChI=1S/C12H15FN2O2/c1-3-6-14-11(16)12(17)15-10-5-4-9(13)7-8(10)2/h4-5,7H,3,6H2,1-2H3,(H,14,16)(H,15,17). The summed E-state index contributed by atoms with van der Waals surface area (Å²) in [4.78, 5) is 22.7. The third-order valence-electron chi connectivity index (χ3n) is 2.18. The number of carbonyl (C=O) groups excluding carboxylic acids is 2. The Kier molecular flexibility index (Phi) is 4.63. The number of benzene rings is 1. The van der Waals surface area contributed by atoms with Crippen LogP contribution in [0.1, 0.15) is 18.9 Å². The Morgan fingerprint density at radius 2 is 2.00 bits per heavy atom. The molecule has 5 heteroatoms. The van der Waals surface area contributed by atoms with Crippen molar-refractivity contribution in [3.8, 4) is 0 Å². The van der Waals surface area contributed by atoms with Gasteiger partial charge in [0.05, 0.1) is 0 Å². The van der Waals surface area contributed by atoms with Gasteiger partial charge in [0, 0.05) is 12.2 Å². The lowest BCUT2D eigenvalue weighted by molar-refractivity contribution is -0.136. The number of halogens is 1. The summed E-state index contributed by atoms with van der Waals surface area (Å²) in [5, 5.41) is 4.89. The van der Waals surface area contributed by atoms with E-state index in [1.165, 1.54) is 18.2 Å². The van der Waals surface area contributed by atoms with Gasteiger partial charge in [0.25, 0.3) is 0 Å². The van der Waals surface area contributed by atoms with Gasteiger partial charge in [-0.2, -0.15) is 0 Å². The van der Waals surface area contributed by atoms with Crippen molar-refractivity contribution < 1.29 is 14.0 Å². The molecule has 4 nitrogen and oxygen atoms in total. The van der Waals surface area contributed by atoms with Crippen molar-refractivity contribution in [1.29, 1.82) is 0 Å². The molecule has 17 heavy (non-hydrogen) atoms. The average molecular weight is 238 g/mol. The second-order valence-corrected chi connectivity index (χ2v) is 3.67. The van der Waals surface area contributed by atoms with Crippen molar-refractivity contribution in [1.82, 2.24) is 5.32 Å². The summed E-state index contributed by atoms with van der Waals surface area (Å²) in [6, 6.07) is 3.95. The van der Waals surface area contributed by atoms with E-state index in [1.807, 2.05) is 6.92 Å². The summed E-state index contributed by atoms with van der Waals surface area (Å²) in [7, 11) is 0. The zero-order valence-corrected chi connectivity index (χ0v) is 9.84. The van der Waals surface area contributed by atoms with Crippen molar-refractivity contribution in [3.05, 3.63) is 29.6 Å². The molecular weight excluding hydrogens is 223 g/mol. The molecule has 0 saturated heterocycles. The van der Waals surface area contributed by atoms with E-state index in [4.69, 9.17) is 0 Å². The molecule has 0 aliphatic rings. The largest absolute Gasteiger partial charge is 0.348 e. The van der Waals surface area contributed by atoms with Crippen LogP contribution >= 0.6 is 0 Å². The zero-order valence-electron chi connectivity index (χ0n) is 9.84. The van der Waals surface area contributed by atoms with Crippen LogP contribution in [0, 0.1) is 12.7 Å². The van der Waals surface area contributed by atoms with Crippen LogP contribution in [0.4, 0.5) is 10.1 Å². The fourth-order valence-corrected chi connectivity index (χ4v) is 1.27. The molecule has 0 aliphatic carbocycles. The van der Waals surface area contributed by atoms with E-state index in [0.717, 1.165) is 6.42 Å². The molecule has 1 aromatic carbocycles. The molecule has 0 fully saturated rings. The molecule has 0 aromatic heterocycles. The van der Waals surface area contributed by atoms with Gasteiger partial charge in [0.2, 0.25) is 0 Å². The number of rotatable bonds is 3. The Labute approximate surface area is 99.2 Å². The SMILES string of the molecule is CCCNC(=O)C(=O)Nc1ccc(F)cc1C. The zero-order chi connectivity index (χ0) is 12.8. The highest BCUT2D eigenvalue weighted by atomic mass is 19.1. The second-order valence-electron chi connectivity index (χ2n) is 3.67. The van der Waals surface area contributed by atoms with Gasteiger partial charge in [-0.3, -0.25) is 9.59 Å². The predicted octanol–water partition coefficient (Wildman–Crippen LogP) is 1.60. The minimum absolute atomic E-state index is 0.379. The topological polar surface area (TPSA) is 58.2 Å². The summed E-state index contributed by atoms with van der Waals surface area (Å²) in [5.41, 5.74) is 1.00. The average Bonchev–Trinajstić information content (AvgIpc) is 2.29. The fourth-order valence-electron chi connectivity index (χ4n) is 1.27. The lowest BCUT2D eigenvalue weighted by atomic mass is 10.2. The minimum Gasteiger partial charge on any atom is -0.348 e. The third-order valence-corrected chi connectivity index (χ3v) is 2.18. The molecule has 0 aliphatic heterocycles. The first kappa shape index (κ1) is 13.2. The van der Waals surface area contributed by atoms with Gasteiger partial charge in [-0.05, 0) is 37.1 Å². The Bertz CT molecular complexity index is 433. The maximum Gasteiger partial charge on any atom is 0.313 e. The Hall–Kier alpha value is -1.91. The van der Waals surface area contributed by atoms with Crippen LogP contribution in [0.3, 0.4) is 0 Å². The molecule has 0 saturated carbocycles. The monoisotopic (exact) mass is 238 g/mol. The van der Waals surface area contributed by atoms with Gasteiger partial charge in [-0.25, -0.2) is 4.39 Å². The Morgan fingerprint density at radius 3 is 2.59 bits per heavy atom. The van der Waals surface area contributed by atoms with Crippen molar-refractivity contribution in [2.75, 3.05) is 11.9 Å². The first-order valence-corrected chi connectivity index (χ1v) is 5.40. The molecule has 0 radical (unpaired) electrons. The van der Waals surface area contributed by atoms with Gasteiger partial charge in [-0.15, -0.1) is 0 Å². The third kappa shape index (κ3) is 3.86. The minimum atomic E-state index is -0.742. The van der Waals surface area contributed by atoms with Crippen LogP contribution in [-0.2, 0) is 9.59 Å². The van der Waals surface area contributed by atoms with E-state index in [9.17, 15) is 14.0 Å². The first-order valence-electron chi connectivity index (χ1n) is 5.40. The highest BCUT2D eigenvalue weighted by molar-refractivity contribution is 6.39. The summed E-state index contributed by atoms with van der Waals surface area (Å²) < 4.78 is 12.8. The van der Waals surface area contributed by atoms with Crippen molar-refractivity contribution in [2.45, 2.75) is 20.3 Å². The molecule has 0 bridgehead atoms. The van der Waals surface area contributed by atoms with E-state index >= 15 is 0 Å². The van der Waals surface area contributed by atoms with E-state index in [0.29, 0.717) is 17.8 Å². The van der Waals surface area contributed by atoms with Crippen LogP contribution in [0.5, 0.6) is 0 Å². The summed E-state index contributed by atoms with van der Waals surface area (Å²) in [6.07, 6.45) is 0.759. The number of anilines is 1. The number of hydrogen-bond donors (Lipinski definition) is 2. The molecule has 0 unspecified atom stereocenters. The number of hydrogen-bond acceptors (Lipinski definition) is 2. The van der Waals surface area contributed by atoms with Crippen molar-refractivity contribution in [3.63, 3.8) is 0 Å². The smallest absolute Gasteiger partial charge is 0.313 e. The summed E-state index contributed by atoms with van der Waals surface area (Å²) in [5.74, 6) is -1.81.